The van der Waals surface area contributed by atoms with E-state index < -0.39 is 0 Å². The van der Waals surface area contributed by atoms with Crippen molar-refractivity contribution in [2.24, 2.45) is 7.05 Å². The lowest BCUT2D eigenvalue weighted by Crippen LogP contribution is -2.29. The van der Waals surface area contributed by atoms with E-state index in [-0.39, 0.29) is 6.61 Å². The summed E-state index contributed by atoms with van der Waals surface area (Å²) in [5.74, 6) is 0. The third kappa shape index (κ3) is 3.20. The van der Waals surface area contributed by atoms with E-state index in [1.165, 1.54) is 0 Å². The fourth-order valence-electron chi connectivity index (χ4n) is 1.73. The Hall–Kier alpha value is -0.580. The van der Waals surface area contributed by atoms with Crippen molar-refractivity contribution in [1.29, 1.82) is 0 Å². The lowest BCUT2D eigenvalue weighted by Gasteiger charge is -2.15. The fraction of sp³-hybridized carbons (Fsp3) is 0.727. The second kappa shape index (κ2) is 6.23. The molecule has 1 unspecified atom stereocenters. The molecule has 0 radical (unpaired) electrons. The van der Waals surface area contributed by atoms with Crippen LogP contribution in [0.5, 0.6) is 0 Å². The second-order valence-electron chi connectivity index (χ2n) is 3.98. The van der Waals surface area contributed by atoms with E-state index in [1.807, 2.05) is 14.0 Å². The third-order valence-electron chi connectivity index (χ3n) is 2.81. The van der Waals surface area contributed by atoms with Crippen LogP contribution in [0.4, 0.5) is 0 Å². The van der Waals surface area contributed by atoms with Gasteiger partial charge in [0, 0.05) is 31.8 Å². The van der Waals surface area contributed by atoms with Crippen LogP contribution in [0.1, 0.15) is 31.0 Å². The molecule has 0 spiro atoms. The van der Waals surface area contributed by atoms with Gasteiger partial charge in [0.2, 0.25) is 0 Å². The molecule has 0 fully saturated rings. The zero-order valence-corrected chi connectivity index (χ0v) is 10.9. The number of halogens is 1. The van der Waals surface area contributed by atoms with Crippen molar-refractivity contribution >= 4 is 11.6 Å². The Kier molecular flexibility index (Phi) is 5.25. The molecule has 1 rings (SSSR count). The SMILES string of the molecule is CCC(CCO)NCc1c(C)nn(C)c1Cl. The molecule has 5 heteroatoms. The molecule has 0 saturated heterocycles. The molecule has 1 aromatic rings. The largest absolute Gasteiger partial charge is 0.396 e. The van der Waals surface area contributed by atoms with Crippen LogP contribution in [0.15, 0.2) is 0 Å². The number of aliphatic hydroxyl groups is 1. The average Bonchev–Trinajstić information content (AvgIpc) is 2.49. The summed E-state index contributed by atoms with van der Waals surface area (Å²) in [6.45, 7) is 4.98. The summed E-state index contributed by atoms with van der Waals surface area (Å²) >= 11 is 6.13. The van der Waals surface area contributed by atoms with Crippen LogP contribution in [0.2, 0.25) is 5.15 Å². The molecule has 0 amide bonds. The number of nitrogens with zero attached hydrogens (tertiary/aromatic N) is 2. The summed E-state index contributed by atoms with van der Waals surface area (Å²) in [4.78, 5) is 0. The van der Waals surface area contributed by atoms with E-state index >= 15 is 0 Å². The Labute approximate surface area is 102 Å². The summed E-state index contributed by atoms with van der Waals surface area (Å²) in [6.07, 6.45) is 1.77. The van der Waals surface area contributed by atoms with Crippen LogP contribution in [0.25, 0.3) is 0 Å². The quantitative estimate of drug-likeness (QED) is 0.801. The normalized spacial score (nSPS) is 13.1. The molecule has 0 aliphatic carbocycles. The lowest BCUT2D eigenvalue weighted by atomic mass is 10.1. The van der Waals surface area contributed by atoms with E-state index in [9.17, 15) is 0 Å². The van der Waals surface area contributed by atoms with Crippen molar-refractivity contribution in [3.8, 4) is 0 Å². The zero-order chi connectivity index (χ0) is 12.1. The Morgan fingerprint density at radius 3 is 2.69 bits per heavy atom. The molecular formula is C11H20ClN3O. The van der Waals surface area contributed by atoms with Gasteiger partial charge in [-0.05, 0) is 19.8 Å². The number of rotatable bonds is 6. The highest BCUT2D eigenvalue weighted by Crippen LogP contribution is 2.18. The molecule has 0 aliphatic heterocycles. The van der Waals surface area contributed by atoms with Gasteiger partial charge in [0.05, 0.1) is 5.69 Å². The van der Waals surface area contributed by atoms with Crippen molar-refractivity contribution in [2.45, 2.75) is 39.3 Å². The summed E-state index contributed by atoms with van der Waals surface area (Å²) < 4.78 is 1.68. The van der Waals surface area contributed by atoms with Gasteiger partial charge in [0.25, 0.3) is 0 Å². The van der Waals surface area contributed by atoms with Gasteiger partial charge in [-0.3, -0.25) is 4.68 Å². The predicted molar refractivity (Wildman–Crippen MR) is 65.6 cm³/mol. The highest BCUT2D eigenvalue weighted by molar-refractivity contribution is 6.30. The molecule has 1 heterocycles. The van der Waals surface area contributed by atoms with Crippen LogP contribution in [0, 0.1) is 6.92 Å². The number of hydrogen-bond donors (Lipinski definition) is 2. The van der Waals surface area contributed by atoms with Crippen molar-refractivity contribution < 1.29 is 5.11 Å². The van der Waals surface area contributed by atoms with Gasteiger partial charge in [0.1, 0.15) is 5.15 Å². The van der Waals surface area contributed by atoms with Gasteiger partial charge < -0.3 is 10.4 Å². The highest BCUT2D eigenvalue weighted by atomic mass is 35.5. The first kappa shape index (κ1) is 13.5. The smallest absolute Gasteiger partial charge is 0.131 e. The summed E-state index contributed by atoms with van der Waals surface area (Å²) in [7, 11) is 1.84. The van der Waals surface area contributed by atoms with Gasteiger partial charge >= 0.3 is 0 Å². The molecule has 0 bridgehead atoms. The first-order valence-electron chi connectivity index (χ1n) is 5.62. The van der Waals surface area contributed by atoms with Crippen LogP contribution >= 0.6 is 11.6 Å². The fourth-order valence-corrected chi connectivity index (χ4v) is 1.97. The van der Waals surface area contributed by atoms with Crippen molar-refractivity contribution in [3.63, 3.8) is 0 Å². The number of aryl methyl sites for hydroxylation is 2. The second-order valence-corrected chi connectivity index (χ2v) is 4.33. The Morgan fingerprint density at radius 2 is 2.25 bits per heavy atom. The Morgan fingerprint density at radius 1 is 1.56 bits per heavy atom. The van der Waals surface area contributed by atoms with Gasteiger partial charge in [-0.15, -0.1) is 0 Å². The Balaban J connectivity index is 2.59. The first-order valence-corrected chi connectivity index (χ1v) is 6.00. The van der Waals surface area contributed by atoms with E-state index in [2.05, 4.69) is 17.3 Å². The van der Waals surface area contributed by atoms with Crippen molar-refractivity contribution in [2.75, 3.05) is 6.61 Å². The molecule has 0 aliphatic rings. The average molecular weight is 246 g/mol. The number of hydrogen-bond acceptors (Lipinski definition) is 3. The minimum atomic E-state index is 0.214. The molecule has 16 heavy (non-hydrogen) atoms. The molecule has 1 atom stereocenters. The molecule has 1 aromatic heterocycles. The van der Waals surface area contributed by atoms with E-state index in [4.69, 9.17) is 16.7 Å². The van der Waals surface area contributed by atoms with E-state index in [1.54, 1.807) is 4.68 Å². The third-order valence-corrected chi connectivity index (χ3v) is 3.28. The minimum Gasteiger partial charge on any atom is -0.396 e. The maximum absolute atomic E-state index is 8.90. The lowest BCUT2D eigenvalue weighted by molar-refractivity contribution is 0.262. The highest BCUT2D eigenvalue weighted by Gasteiger charge is 2.12. The topological polar surface area (TPSA) is 50.1 Å². The van der Waals surface area contributed by atoms with Gasteiger partial charge in [0.15, 0.2) is 0 Å². The number of nitrogens with one attached hydrogen (secondary N) is 1. The molecular weight excluding hydrogens is 226 g/mol. The molecule has 2 N–H and O–H groups in total. The minimum absolute atomic E-state index is 0.214. The first-order chi connectivity index (χ1) is 7.60. The van der Waals surface area contributed by atoms with Crippen LogP contribution in [0.3, 0.4) is 0 Å². The molecule has 0 saturated carbocycles. The molecule has 4 nitrogen and oxygen atoms in total. The monoisotopic (exact) mass is 245 g/mol. The summed E-state index contributed by atoms with van der Waals surface area (Å²) in [5.41, 5.74) is 2.00. The van der Waals surface area contributed by atoms with Crippen LogP contribution < -0.4 is 5.32 Å². The van der Waals surface area contributed by atoms with Gasteiger partial charge in [-0.1, -0.05) is 18.5 Å². The van der Waals surface area contributed by atoms with Crippen LogP contribution in [-0.2, 0) is 13.6 Å². The number of aromatic nitrogens is 2. The maximum Gasteiger partial charge on any atom is 0.131 e. The maximum atomic E-state index is 8.90. The predicted octanol–water partition coefficient (Wildman–Crippen LogP) is 1.63. The van der Waals surface area contributed by atoms with Crippen LogP contribution in [-0.4, -0.2) is 27.5 Å². The standard InChI is InChI=1S/C11H20ClN3O/c1-4-9(5-6-16)13-7-10-8(2)14-15(3)11(10)12/h9,13,16H,4-7H2,1-3H3. The molecule has 92 valence electrons. The molecule has 0 aromatic carbocycles. The van der Waals surface area contributed by atoms with Gasteiger partial charge in [-0.2, -0.15) is 5.10 Å². The van der Waals surface area contributed by atoms with Crippen molar-refractivity contribution in [3.05, 3.63) is 16.4 Å². The van der Waals surface area contributed by atoms with E-state index in [0.717, 1.165) is 24.1 Å². The summed E-state index contributed by atoms with van der Waals surface area (Å²) in [6, 6.07) is 0.334. The Bertz CT molecular complexity index is 338. The zero-order valence-electron chi connectivity index (χ0n) is 10.1. The van der Waals surface area contributed by atoms with Gasteiger partial charge in [-0.25, -0.2) is 0 Å². The number of aliphatic hydroxyl groups excluding tert-OH is 1. The van der Waals surface area contributed by atoms with E-state index in [0.29, 0.717) is 17.7 Å². The summed E-state index contributed by atoms with van der Waals surface area (Å²) in [5, 5.41) is 17.2. The van der Waals surface area contributed by atoms with Crippen molar-refractivity contribution in [1.82, 2.24) is 15.1 Å².